The van der Waals surface area contributed by atoms with Crippen LogP contribution < -0.4 is 0 Å². The summed E-state index contributed by atoms with van der Waals surface area (Å²) in [6.45, 7) is 0. The van der Waals surface area contributed by atoms with E-state index in [0.29, 0.717) is 10.0 Å². The van der Waals surface area contributed by atoms with Crippen LogP contribution in [0.1, 0.15) is 11.1 Å². The van der Waals surface area contributed by atoms with Gasteiger partial charge >= 0.3 is 0 Å². The smallest absolute Gasteiger partial charge is 0.141 e. The molecular formula is C14H11BrFNO. The Morgan fingerprint density at radius 3 is 2.78 bits per heavy atom. The maximum atomic E-state index is 13.6. The maximum absolute atomic E-state index is 13.6. The van der Waals surface area contributed by atoms with Gasteiger partial charge in [-0.15, -0.1) is 0 Å². The van der Waals surface area contributed by atoms with E-state index in [-0.39, 0.29) is 24.4 Å². The Morgan fingerprint density at radius 1 is 1.28 bits per heavy atom. The van der Waals surface area contributed by atoms with Gasteiger partial charge in [-0.1, -0.05) is 28.1 Å². The molecule has 0 bridgehead atoms. The Bertz CT molecular complexity index is 557. The number of nitrogens with zero attached hydrogens (tertiary/aromatic N) is 1. The van der Waals surface area contributed by atoms with Gasteiger partial charge in [-0.25, -0.2) is 4.39 Å². The van der Waals surface area contributed by atoms with Crippen LogP contribution in [0, 0.1) is 5.82 Å². The number of rotatable bonds is 4. The molecule has 0 fully saturated rings. The highest BCUT2D eigenvalue weighted by atomic mass is 79.9. The zero-order valence-electron chi connectivity index (χ0n) is 9.57. The zero-order chi connectivity index (χ0) is 13.0. The van der Waals surface area contributed by atoms with Gasteiger partial charge in [-0.05, 0) is 29.3 Å². The third-order valence-corrected chi connectivity index (χ3v) is 3.02. The van der Waals surface area contributed by atoms with Crippen LogP contribution in [0.15, 0.2) is 47.2 Å². The minimum Gasteiger partial charge on any atom is -0.299 e. The van der Waals surface area contributed by atoms with Gasteiger partial charge in [-0.2, -0.15) is 0 Å². The SMILES string of the molecule is O=C(Cc1cccnc1)Cc1ccc(Br)cc1F. The molecule has 0 aliphatic carbocycles. The molecule has 1 aromatic heterocycles. The van der Waals surface area contributed by atoms with Crippen LogP contribution in [0.3, 0.4) is 0 Å². The zero-order valence-corrected chi connectivity index (χ0v) is 11.2. The van der Waals surface area contributed by atoms with Crippen LogP contribution in [0.2, 0.25) is 0 Å². The van der Waals surface area contributed by atoms with Crippen molar-refractivity contribution < 1.29 is 9.18 Å². The molecule has 2 rings (SSSR count). The molecule has 0 radical (unpaired) electrons. The third-order valence-electron chi connectivity index (χ3n) is 2.53. The fourth-order valence-electron chi connectivity index (χ4n) is 1.67. The molecule has 1 aromatic carbocycles. The first-order valence-corrected chi connectivity index (χ1v) is 6.29. The molecule has 0 amide bonds. The van der Waals surface area contributed by atoms with Crippen molar-refractivity contribution in [3.05, 3.63) is 64.1 Å². The van der Waals surface area contributed by atoms with E-state index in [2.05, 4.69) is 20.9 Å². The molecule has 0 N–H and O–H groups in total. The summed E-state index contributed by atoms with van der Waals surface area (Å²) in [6, 6.07) is 8.34. The average Bonchev–Trinajstić information content (AvgIpc) is 2.34. The summed E-state index contributed by atoms with van der Waals surface area (Å²) < 4.78 is 14.2. The van der Waals surface area contributed by atoms with Crippen LogP contribution in [0.25, 0.3) is 0 Å². The average molecular weight is 308 g/mol. The minimum atomic E-state index is -0.357. The fourth-order valence-corrected chi connectivity index (χ4v) is 2.00. The lowest BCUT2D eigenvalue weighted by atomic mass is 10.0. The molecule has 0 saturated heterocycles. The Morgan fingerprint density at radius 2 is 2.11 bits per heavy atom. The Kier molecular flexibility index (Phi) is 4.20. The first-order chi connectivity index (χ1) is 8.65. The molecule has 18 heavy (non-hydrogen) atoms. The second-order valence-corrected chi connectivity index (χ2v) is 4.90. The predicted octanol–water partition coefficient (Wildman–Crippen LogP) is 3.34. The number of pyridine rings is 1. The Labute approximate surface area is 113 Å². The topological polar surface area (TPSA) is 30.0 Å². The molecule has 0 atom stereocenters. The molecular weight excluding hydrogens is 297 g/mol. The van der Waals surface area contributed by atoms with Gasteiger partial charge in [0.15, 0.2) is 0 Å². The summed E-state index contributed by atoms with van der Waals surface area (Å²) in [5.74, 6) is -0.381. The van der Waals surface area contributed by atoms with Crippen LogP contribution in [-0.2, 0) is 17.6 Å². The van der Waals surface area contributed by atoms with Crippen LogP contribution in [0.5, 0.6) is 0 Å². The van der Waals surface area contributed by atoms with Gasteiger partial charge < -0.3 is 0 Å². The highest BCUT2D eigenvalue weighted by molar-refractivity contribution is 9.10. The van der Waals surface area contributed by atoms with E-state index in [1.54, 1.807) is 30.6 Å². The van der Waals surface area contributed by atoms with E-state index < -0.39 is 0 Å². The molecule has 2 aromatic rings. The lowest BCUT2D eigenvalue weighted by Gasteiger charge is -2.03. The van der Waals surface area contributed by atoms with Crippen molar-refractivity contribution in [3.8, 4) is 0 Å². The highest BCUT2D eigenvalue weighted by Gasteiger charge is 2.09. The van der Waals surface area contributed by atoms with Crippen molar-refractivity contribution in [1.29, 1.82) is 0 Å². The van der Waals surface area contributed by atoms with Crippen LogP contribution in [0.4, 0.5) is 4.39 Å². The minimum absolute atomic E-state index is 0.0239. The standard InChI is InChI=1S/C14H11BrFNO/c15-12-4-3-11(14(16)8-12)7-13(18)6-10-2-1-5-17-9-10/h1-5,8-9H,6-7H2. The summed E-state index contributed by atoms with van der Waals surface area (Å²) in [5, 5.41) is 0. The fraction of sp³-hybridized carbons (Fsp3) is 0.143. The van der Waals surface area contributed by atoms with Gasteiger partial charge in [-0.3, -0.25) is 9.78 Å². The summed E-state index contributed by atoms with van der Waals surface area (Å²) in [7, 11) is 0. The van der Waals surface area contributed by atoms with Gasteiger partial charge in [0.1, 0.15) is 11.6 Å². The van der Waals surface area contributed by atoms with E-state index in [1.807, 2.05) is 6.07 Å². The number of hydrogen-bond acceptors (Lipinski definition) is 2. The number of Topliss-reactive ketones (excluding diaryl/α,β-unsaturated/α-hetero) is 1. The first kappa shape index (κ1) is 12.9. The van der Waals surface area contributed by atoms with Gasteiger partial charge in [0.05, 0.1) is 0 Å². The van der Waals surface area contributed by atoms with Crippen LogP contribution >= 0.6 is 15.9 Å². The molecule has 0 unspecified atom stereocenters. The number of carbonyl (C=O) groups is 1. The lowest BCUT2D eigenvalue weighted by molar-refractivity contribution is -0.117. The molecule has 0 spiro atoms. The molecule has 0 aliphatic rings. The monoisotopic (exact) mass is 307 g/mol. The lowest BCUT2D eigenvalue weighted by Crippen LogP contribution is -2.08. The summed E-state index contributed by atoms with van der Waals surface area (Å²) in [6.07, 6.45) is 3.69. The number of ketones is 1. The number of halogens is 2. The largest absolute Gasteiger partial charge is 0.299 e. The number of hydrogen-bond donors (Lipinski definition) is 0. The van der Waals surface area contributed by atoms with Gasteiger partial charge in [0.25, 0.3) is 0 Å². The van der Waals surface area contributed by atoms with E-state index in [0.717, 1.165) is 5.56 Å². The Balaban J connectivity index is 2.03. The second-order valence-electron chi connectivity index (χ2n) is 3.99. The van der Waals surface area contributed by atoms with E-state index in [1.165, 1.54) is 6.07 Å². The van der Waals surface area contributed by atoms with Crippen LogP contribution in [-0.4, -0.2) is 10.8 Å². The molecule has 92 valence electrons. The summed E-state index contributed by atoms with van der Waals surface area (Å²) >= 11 is 3.18. The summed E-state index contributed by atoms with van der Waals surface area (Å²) in [4.78, 5) is 15.8. The number of carbonyl (C=O) groups excluding carboxylic acids is 1. The third kappa shape index (κ3) is 3.47. The van der Waals surface area contributed by atoms with Gasteiger partial charge in [0, 0.05) is 29.7 Å². The summed E-state index contributed by atoms with van der Waals surface area (Å²) in [5.41, 5.74) is 1.27. The van der Waals surface area contributed by atoms with Crippen molar-refractivity contribution in [2.75, 3.05) is 0 Å². The molecule has 4 heteroatoms. The highest BCUT2D eigenvalue weighted by Crippen LogP contribution is 2.16. The molecule has 0 aliphatic heterocycles. The van der Waals surface area contributed by atoms with Crippen molar-refractivity contribution in [1.82, 2.24) is 4.98 Å². The predicted molar refractivity (Wildman–Crippen MR) is 70.8 cm³/mol. The van der Waals surface area contributed by atoms with E-state index in [9.17, 15) is 9.18 Å². The molecule has 1 heterocycles. The molecule has 0 saturated carbocycles. The number of aromatic nitrogens is 1. The Hall–Kier alpha value is -1.55. The quantitative estimate of drug-likeness (QED) is 0.867. The first-order valence-electron chi connectivity index (χ1n) is 5.49. The van der Waals surface area contributed by atoms with Crippen molar-refractivity contribution in [2.45, 2.75) is 12.8 Å². The maximum Gasteiger partial charge on any atom is 0.141 e. The van der Waals surface area contributed by atoms with E-state index in [4.69, 9.17) is 0 Å². The second kappa shape index (κ2) is 5.87. The number of benzene rings is 1. The van der Waals surface area contributed by atoms with Crippen molar-refractivity contribution in [3.63, 3.8) is 0 Å². The van der Waals surface area contributed by atoms with Crippen molar-refractivity contribution in [2.24, 2.45) is 0 Å². The molecule has 2 nitrogen and oxygen atoms in total. The van der Waals surface area contributed by atoms with Crippen molar-refractivity contribution >= 4 is 21.7 Å². The normalized spacial score (nSPS) is 10.3. The van der Waals surface area contributed by atoms with E-state index >= 15 is 0 Å². The van der Waals surface area contributed by atoms with Gasteiger partial charge in [0.2, 0.25) is 0 Å².